The molecular weight excluding hydrogens is 97.5 g/mol. The normalized spacial score (nSPS) is 29.3. The van der Waals surface area contributed by atoms with Gasteiger partial charge in [-0.15, -0.1) is 12.4 Å². The van der Waals surface area contributed by atoms with Crippen LogP contribution in [-0.4, -0.2) is 6.04 Å². The summed E-state index contributed by atoms with van der Waals surface area (Å²) in [5.74, 6) is 0. The number of nitrogens with two attached hydrogens (primary N) is 1. The summed E-state index contributed by atoms with van der Waals surface area (Å²) >= 11 is 0. The zero-order valence-corrected chi connectivity index (χ0v) is 4.38. The van der Waals surface area contributed by atoms with Gasteiger partial charge in [-0.3, -0.25) is 0 Å². The molecule has 0 amide bonds. The minimum Gasteiger partial charge on any atom is -0.328 e. The fourth-order valence-electron chi connectivity index (χ4n) is 0. The van der Waals surface area contributed by atoms with Crippen LogP contribution in [0.1, 0.15) is 27.0 Å². The molecule has 2 N–H and O–H groups in total. The van der Waals surface area contributed by atoms with E-state index in [1.807, 2.05) is 0 Å². The molecule has 0 radical (unpaired) electrons. The van der Waals surface area contributed by atoms with Gasteiger partial charge in [-0.05, 0) is 13.2 Å². The second-order valence-electron chi connectivity index (χ2n) is 0.766. The van der Waals surface area contributed by atoms with Crippen molar-refractivity contribution in [1.29, 1.82) is 0 Å². The molecule has 1 nitrogen and oxygen atoms in total. The summed E-state index contributed by atoms with van der Waals surface area (Å²) < 4.78 is 34.2. The molecule has 6 heavy (non-hydrogen) atoms. The van der Waals surface area contributed by atoms with Crippen molar-refractivity contribution in [2.24, 2.45) is 5.73 Å². The van der Waals surface area contributed by atoms with Gasteiger partial charge in [0.05, 0.1) is 0 Å². The van der Waals surface area contributed by atoms with E-state index in [1.54, 1.807) is 0 Å². The van der Waals surface area contributed by atoms with Gasteiger partial charge >= 0.3 is 0 Å². The van der Waals surface area contributed by atoms with Gasteiger partial charge in [0.2, 0.25) is 0 Å². The van der Waals surface area contributed by atoms with Crippen molar-refractivity contribution in [1.82, 2.24) is 0 Å². The quantitative estimate of drug-likeness (QED) is 0.544. The molecule has 2 heteroatoms. The van der Waals surface area contributed by atoms with Crippen LogP contribution in [0.25, 0.3) is 0 Å². The molecule has 1 atom stereocenters. The van der Waals surface area contributed by atoms with Crippen LogP contribution in [0, 0.1) is 0 Å². The van der Waals surface area contributed by atoms with E-state index >= 15 is 0 Å². The molecule has 0 aliphatic carbocycles. The predicted molar refractivity (Wildman–Crippen MR) is 31.2 cm³/mol. The third-order valence-corrected chi connectivity index (χ3v) is 0.311. The Bertz CT molecular complexity index is 103. The summed E-state index contributed by atoms with van der Waals surface area (Å²) in [6, 6.07) is -1.40. The highest BCUT2D eigenvalue weighted by Crippen LogP contribution is 1.77. The summed E-state index contributed by atoms with van der Waals surface area (Å²) in [5.41, 5.74) is 5.09. The van der Waals surface area contributed by atoms with E-state index in [0.717, 1.165) is 6.92 Å². The monoisotopic (exact) mass is 114 g/mol. The lowest BCUT2D eigenvalue weighted by atomic mass is 10.3. The van der Waals surface area contributed by atoms with Gasteiger partial charge in [-0.2, -0.15) is 0 Å². The van der Waals surface area contributed by atoms with Crippen LogP contribution in [-0.2, 0) is 0 Å². The Kier molecular flexibility index (Phi) is 1.76. The van der Waals surface area contributed by atoms with E-state index in [-0.39, 0.29) is 12.4 Å². The highest BCUT2D eigenvalue weighted by molar-refractivity contribution is 5.85. The van der Waals surface area contributed by atoms with E-state index in [2.05, 4.69) is 0 Å². The molecule has 0 saturated carbocycles. The van der Waals surface area contributed by atoms with E-state index in [9.17, 15) is 0 Å². The fourth-order valence-corrected chi connectivity index (χ4v) is 0. The molecule has 0 spiro atoms. The first-order chi connectivity index (χ1) is 4.15. The van der Waals surface area contributed by atoms with Gasteiger partial charge in [-0.1, -0.05) is 6.92 Å². The highest BCUT2D eigenvalue weighted by Gasteiger charge is 1.79. The van der Waals surface area contributed by atoms with Crippen LogP contribution < -0.4 is 5.73 Å². The summed E-state index contributed by atoms with van der Waals surface area (Å²) in [4.78, 5) is 0. The Hall–Kier alpha value is 0.250. The first kappa shape index (κ1) is 2.01. The van der Waals surface area contributed by atoms with Gasteiger partial charge < -0.3 is 5.73 Å². The fraction of sp³-hybridized carbons (Fsp3) is 1.00. The molecule has 0 bridgehead atoms. The van der Waals surface area contributed by atoms with E-state index in [1.165, 1.54) is 0 Å². The van der Waals surface area contributed by atoms with Crippen molar-refractivity contribution in [3.63, 3.8) is 0 Å². The second-order valence-corrected chi connectivity index (χ2v) is 0.766. The van der Waals surface area contributed by atoms with Gasteiger partial charge in [0, 0.05) is 12.9 Å². The van der Waals surface area contributed by atoms with Crippen LogP contribution >= 0.6 is 12.4 Å². The molecule has 0 aromatic heterocycles. The topological polar surface area (TPSA) is 26.0 Å². The van der Waals surface area contributed by atoms with Gasteiger partial charge in [0.15, 0.2) is 0 Å². The molecule has 0 heterocycles. The number of hydrogen-bond acceptors (Lipinski definition) is 1. The summed E-state index contributed by atoms with van der Waals surface area (Å²) in [5, 5.41) is 0. The minimum atomic E-state index is -2.40. The molecule has 0 unspecified atom stereocenters. The lowest BCUT2D eigenvalue weighted by molar-refractivity contribution is 0.715. The van der Waals surface area contributed by atoms with Crippen LogP contribution in [0.2, 0.25) is 0 Å². The van der Waals surface area contributed by atoms with Crippen molar-refractivity contribution < 1.29 is 6.85 Å². The molecule has 0 fully saturated rings. The second kappa shape index (κ2) is 5.25. The Morgan fingerprint density at radius 2 is 2.67 bits per heavy atom. The Labute approximate surface area is 52.4 Å². The highest BCUT2D eigenvalue weighted by atomic mass is 35.5. The molecule has 0 aliphatic rings. The number of hydrogen-bond donors (Lipinski definition) is 1. The first-order valence-electron chi connectivity index (χ1n) is 3.91. The third kappa shape index (κ3) is 8.87. The SMILES string of the molecule is Cl.[2H]C([2H])([2H])[C@H](N)C([2H])([2H])C. The Morgan fingerprint density at radius 3 is 2.67 bits per heavy atom. The maximum atomic E-state index is 6.98. The zero-order valence-electron chi connectivity index (χ0n) is 8.56. The lowest BCUT2D eigenvalue weighted by Gasteiger charge is -1.91. The molecule has 0 saturated heterocycles. The van der Waals surface area contributed by atoms with Crippen molar-refractivity contribution in [3.05, 3.63) is 0 Å². The average Bonchev–Trinajstić information content (AvgIpc) is 1.59. The minimum absolute atomic E-state index is 0. The molecule has 0 aromatic carbocycles. The average molecular weight is 115 g/mol. The van der Waals surface area contributed by atoms with Gasteiger partial charge in [0.25, 0.3) is 0 Å². The van der Waals surface area contributed by atoms with Gasteiger partial charge in [0.1, 0.15) is 0 Å². The largest absolute Gasteiger partial charge is 0.328 e. The summed E-state index contributed by atoms with van der Waals surface area (Å²) in [6.45, 7) is -1.25. The third-order valence-electron chi connectivity index (χ3n) is 0.311. The maximum absolute atomic E-state index is 6.98. The predicted octanol–water partition coefficient (Wildman–Crippen LogP) is 1.17. The summed E-state index contributed by atoms with van der Waals surface area (Å²) in [7, 11) is 0. The van der Waals surface area contributed by atoms with E-state index < -0.39 is 19.3 Å². The van der Waals surface area contributed by atoms with E-state index in [0.29, 0.717) is 0 Å². The van der Waals surface area contributed by atoms with Crippen molar-refractivity contribution in [2.75, 3.05) is 0 Å². The standard InChI is InChI=1S/C4H11N.ClH/c1-3-4(2)5;/h4H,3,5H2,1-2H3;1H/t4-;/m0./s1/i2D3,3D2;. The number of rotatable bonds is 1. The van der Waals surface area contributed by atoms with E-state index in [4.69, 9.17) is 12.6 Å². The van der Waals surface area contributed by atoms with Crippen molar-refractivity contribution >= 4 is 12.4 Å². The van der Waals surface area contributed by atoms with Crippen LogP contribution in [0.5, 0.6) is 0 Å². The molecule has 0 rings (SSSR count). The Morgan fingerprint density at radius 1 is 2.17 bits per heavy atom. The smallest absolute Gasteiger partial charge is 0.0279 e. The lowest BCUT2D eigenvalue weighted by Crippen LogP contribution is -2.11. The molecule has 40 valence electrons. The molecular formula is C4H12ClN. The van der Waals surface area contributed by atoms with Gasteiger partial charge in [-0.25, -0.2) is 0 Å². The summed E-state index contributed by atoms with van der Waals surface area (Å²) in [6.07, 6.45) is -1.84. The van der Waals surface area contributed by atoms with Crippen molar-refractivity contribution in [2.45, 2.75) is 26.2 Å². The first-order valence-corrected chi connectivity index (χ1v) is 1.41. The van der Waals surface area contributed by atoms with Crippen LogP contribution in [0.15, 0.2) is 0 Å². The van der Waals surface area contributed by atoms with Crippen molar-refractivity contribution in [3.8, 4) is 0 Å². The molecule has 0 aromatic rings. The molecule has 0 aliphatic heterocycles. The maximum Gasteiger partial charge on any atom is 0.0279 e. The Balaban J connectivity index is 0. The zero-order chi connectivity index (χ0) is 8.58. The van der Waals surface area contributed by atoms with Crippen LogP contribution in [0.4, 0.5) is 0 Å². The van der Waals surface area contributed by atoms with Crippen LogP contribution in [0.3, 0.4) is 0 Å². The number of halogens is 1.